The van der Waals surface area contributed by atoms with E-state index in [1.54, 1.807) is 31.6 Å². The minimum absolute atomic E-state index is 0.165. The van der Waals surface area contributed by atoms with Crippen molar-refractivity contribution in [3.63, 3.8) is 0 Å². The van der Waals surface area contributed by atoms with E-state index < -0.39 is 23.7 Å². The molecule has 1 aromatic heterocycles. The van der Waals surface area contributed by atoms with Crippen LogP contribution in [0.1, 0.15) is 51.4 Å². The van der Waals surface area contributed by atoms with E-state index in [-0.39, 0.29) is 6.54 Å². The Kier molecular flexibility index (Phi) is 3.93. The highest BCUT2D eigenvalue weighted by atomic mass is 16.6. The van der Waals surface area contributed by atoms with Crippen LogP contribution in [0.4, 0.5) is 4.79 Å². The molecule has 0 saturated heterocycles. The maximum atomic E-state index is 12.2. The van der Waals surface area contributed by atoms with Crippen molar-refractivity contribution in [1.29, 1.82) is 0 Å². The number of carboxylic acids is 1. The fourth-order valence-corrected chi connectivity index (χ4v) is 2.35. The third-order valence-electron chi connectivity index (χ3n) is 3.11. The SMILES string of the molecule is CCCn1cc2c(n1)CN(C(=O)OC(C)(C)C)C2C(=O)O. The van der Waals surface area contributed by atoms with Gasteiger partial charge in [-0.1, -0.05) is 6.92 Å². The first-order valence-electron chi connectivity index (χ1n) is 7.01. The number of carboxylic acid groups (broad SMARTS) is 1. The van der Waals surface area contributed by atoms with Gasteiger partial charge in [-0.25, -0.2) is 9.59 Å². The summed E-state index contributed by atoms with van der Waals surface area (Å²) in [5, 5.41) is 13.8. The standard InChI is InChI=1S/C14H21N3O4/c1-5-6-16-7-9-10(15-16)8-17(11(9)12(18)19)13(20)21-14(2,3)4/h7,11H,5-6,8H2,1-4H3,(H,18,19). The van der Waals surface area contributed by atoms with Crippen molar-refractivity contribution in [1.82, 2.24) is 14.7 Å². The Morgan fingerprint density at radius 1 is 1.48 bits per heavy atom. The van der Waals surface area contributed by atoms with Crippen LogP contribution in [0.3, 0.4) is 0 Å². The van der Waals surface area contributed by atoms with E-state index in [9.17, 15) is 14.7 Å². The molecular formula is C14H21N3O4. The smallest absolute Gasteiger partial charge is 0.411 e. The third-order valence-corrected chi connectivity index (χ3v) is 3.11. The zero-order valence-corrected chi connectivity index (χ0v) is 12.8. The molecule has 2 heterocycles. The lowest BCUT2D eigenvalue weighted by Crippen LogP contribution is -2.38. The fraction of sp³-hybridized carbons (Fsp3) is 0.643. The first kappa shape index (κ1) is 15.3. The van der Waals surface area contributed by atoms with Crippen molar-refractivity contribution >= 4 is 12.1 Å². The lowest BCUT2D eigenvalue weighted by Gasteiger charge is -2.27. The van der Waals surface area contributed by atoms with Gasteiger partial charge in [-0.2, -0.15) is 5.10 Å². The van der Waals surface area contributed by atoms with Crippen molar-refractivity contribution in [2.75, 3.05) is 0 Å². The molecule has 7 nitrogen and oxygen atoms in total. The molecule has 0 spiro atoms. The number of hydrogen-bond donors (Lipinski definition) is 1. The number of aliphatic carboxylic acids is 1. The Morgan fingerprint density at radius 3 is 2.67 bits per heavy atom. The van der Waals surface area contributed by atoms with E-state index >= 15 is 0 Å². The number of carbonyl (C=O) groups excluding carboxylic acids is 1. The zero-order valence-electron chi connectivity index (χ0n) is 12.8. The third kappa shape index (κ3) is 3.17. The van der Waals surface area contributed by atoms with E-state index in [2.05, 4.69) is 5.10 Å². The molecule has 0 bridgehead atoms. The first-order chi connectivity index (χ1) is 9.73. The lowest BCUT2D eigenvalue weighted by atomic mass is 10.1. The number of rotatable bonds is 3. The van der Waals surface area contributed by atoms with Crippen LogP contribution in [0.15, 0.2) is 6.20 Å². The Bertz CT molecular complexity index is 559. The molecule has 1 aliphatic rings. The van der Waals surface area contributed by atoms with Gasteiger partial charge in [0.2, 0.25) is 0 Å². The van der Waals surface area contributed by atoms with Crippen molar-refractivity contribution in [2.24, 2.45) is 0 Å². The topological polar surface area (TPSA) is 84.7 Å². The van der Waals surface area contributed by atoms with Crippen LogP contribution in [0, 0.1) is 0 Å². The summed E-state index contributed by atoms with van der Waals surface area (Å²) < 4.78 is 7.00. The Labute approximate surface area is 123 Å². The number of hydrogen-bond acceptors (Lipinski definition) is 4. The Hall–Kier alpha value is -2.05. The molecule has 7 heteroatoms. The van der Waals surface area contributed by atoms with Crippen molar-refractivity contribution in [3.05, 3.63) is 17.5 Å². The average molecular weight is 295 g/mol. The summed E-state index contributed by atoms with van der Waals surface area (Å²) >= 11 is 0. The summed E-state index contributed by atoms with van der Waals surface area (Å²) in [5.74, 6) is -1.07. The maximum absolute atomic E-state index is 12.2. The van der Waals surface area contributed by atoms with Gasteiger partial charge in [-0.15, -0.1) is 0 Å². The second-order valence-corrected chi connectivity index (χ2v) is 6.14. The summed E-state index contributed by atoms with van der Waals surface area (Å²) in [6.45, 7) is 8.16. The van der Waals surface area contributed by atoms with Crippen molar-refractivity contribution < 1.29 is 19.4 Å². The van der Waals surface area contributed by atoms with Crippen LogP contribution in [0.5, 0.6) is 0 Å². The molecule has 0 saturated carbocycles. The molecule has 2 rings (SSSR count). The second-order valence-electron chi connectivity index (χ2n) is 6.14. The average Bonchev–Trinajstić information content (AvgIpc) is 2.82. The van der Waals surface area contributed by atoms with Crippen LogP contribution < -0.4 is 0 Å². The van der Waals surface area contributed by atoms with Crippen molar-refractivity contribution in [3.8, 4) is 0 Å². The number of fused-ring (bicyclic) bond motifs is 1. The van der Waals surface area contributed by atoms with Gasteiger partial charge in [0.1, 0.15) is 5.60 Å². The number of ether oxygens (including phenoxy) is 1. The monoisotopic (exact) mass is 295 g/mol. The van der Waals surface area contributed by atoms with E-state index in [1.165, 1.54) is 4.90 Å². The second kappa shape index (κ2) is 5.38. The molecule has 116 valence electrons. The molecule has 0 radical (unpaired) electrons. The molecule has 0 fully saturated rings. The van der Waals surface area contributed by atoms with Crippen LogP contribution >= 0.6 is 0 Å². The van der Waals surface area contributed by atoms with Crippen LogP contribution in [0.2, 0.25) is 0 Å². The Morgan fingerprint density at radius 2 is 2.14 bits per heavy atom. The predicted octanol–water partition coefficient (Wildman–Crippen LogP) is 2.17. The molecule has 1 aliphatic heterocycles. The van der Waals surface area contributed by atoms with Crippen LogP contribution in [0.25, 0.3) is 0 Å². The molecular weight excluding hydrogens is 274 g/mol. The molecule has 1 unspecified atom stereocenters. The molecule has 1 atom stereocenters. The predicted molar refractivity (Wildman–Crippen MR) is 74.7 cm³/mol. The van der Waals surface area contributed by atoms with E-state index in [1.807, 2.05) is 6.92 Å². The van der Waals surface area contributed by atoms with Gasteiger partial charge in [-0.3, -0.25) is 9.58 Å². The minimum Gasteiger partial charge on any atom is -0.479 e. The fourth-order valence-electron chi connectivity index (χ4n) is 2.35. The summed E-state index contributed by atoms with van der Waals surface area (Å²) in [4.78, 5) is 24.9. The van der Waals surface area contributed by atoms with E-state index in [0.29, 0.717) is 11.3 Å². The van der Waals surface area contributed by atoms with Gasteiger partial charge in [0.25, 0.3) is 0 Å². The van der Waals surface area contributed by atoms with Gasteiger partial charge >= 0.3 is 12.1 Å². The van der Waals surface area contributed by atoms with Gasteiger partial charge < -0.3 is 9.84 Å². The quantitative estimate of drug-likeness (QED) is 0.923. The number of amides is 1. The van der Waals surface area contributed by atoms with E-state index in [4.69, 9.17) is 4.74 Å². The molecule has 0 aliphatic carbocycles. The van der Waals surface area contributed by atoms with Crippen LogP contribution in [-0.4, -0.2) is 37.5 Å². The minimum atomic E-state index is -1.07. The van der Waals surface area contributed by atoms with Crippen molar-refractivity contribution in [2.45, 2.75) is 58.8 Å². The number of carbonyl (C=O) groups is 2. The van der Waals surface area contributed by atoms with E-state index in [0.717, 1.165) is 13.0 Å². The van der Waals surface area contributed by atoms with Gasteiger partial charge in [0.15, 0.2) is 6.04 Å². The first-order valence-corrected chi connectivity index (χ1v) is 7.01. The molecule has 1 aromatic rings. The molecule has 0 aromatic carbocycles. The van der Waals surface area contributed by atoms with Gasteiger partial charge in [-0.05, 0) is 27.2 Å². The molecule has 21 heavy (non-hydrogen) atoms. The Balaban J connectivity index is 2.24. The van der Waals surface area contributed by atoms with Gasteiger partial charge in [0.05, 0.1) is 12.2 Å². The summed E-state index contributed by atoms with van der Waals surface area (Å²) in [6, 6.07) is -1.03. The lowest BCUT2D eigenvalue weighted by molar-refractivity contribution is -0.143. The number of nitrogens with zero attached hydrogens (tertiary/aromatic N) is 3. The summed E-state index contributed by atoms with van der Waals surface area (Å²) in [6.07, 6.45) is 1.99. The normalized spacial score (nSPS) is 17.7. The summed E-state index contributed by atoms with van der Waals surface area (Å²) in [7, 11) is 0. The number of aryl methyl sites for hydroxylation is 1. The number of aromatic nitrogens is 2. The molecule has 1 N–H and O–H groups in total. The highest BCUT2D eigenvalue weighted by molar-refractivity contribution is 5.83. The molecule has 1 amide bonds. The maximum Gasteiger partial charge on any atom is 0.411 e. The summed E-state index contributed by atoms with van der Waals surface area (Å²) in [5.41, 5.74) is 0.533. The highest BCUT2D eigenvalue weighted by Gasteiger charge is 2.42. The largest absolute Gasteiger partial charge is 0.479 e. The van der Waals surface area contributed by atoms with Gasteiger partial charge in [0, 0.05) is 18.3 Å². The highest BCUT2D eigenvalue weighted by Crippen LogP contribution is 2.34. The van der Waals surface area contributed by atoms with Crippen LogP contribution in [-0.2, 0) is 22.6 Å². The zero-order chi connectivity index (χ0) is 15.8.